The molecule has 2 N–H and O–H groups in total. The molecule has 0 aliphatic rings. The quantitative estimate of drug-likeness (QED) is 0.658. The summed E-state index contributed by atoms with van der Waals surface area (Å²) in [5, 5.41) is 0. The van der Waals surface area contributed by atoms with E-state index >= 15 is 0 Å². The summed E-state index contributed by atoms with van der Waals surface area (Å²) in [7, 11) is 0. The Morgan fingerprint density at radius 2 is 1.93 bits per heavy atom. The molecule has 0 aromatic heterocycles. The Labute approximate surface area is 87.0 Å². The summed E-state index contributed by atoms with van der Waals surface area (Å²) < 4.78 is 0. The van der Waals surface area contributed by atoms with Gasteiger partial charge in [-0.2, -0.15) is 0 Å². The van der Waals surface area contributed by atoms with Crippen LogP contribution in [0, 0.1) is 0 Å². The highest BCUT2D eigenvalue weighted by Crippen LogP contribution is 2.05. The van der Waals surface area contributed by atoms with Gasteiger partial charge in [0.15, 0.2) is 0 Å². The second-order valence-corrected chi connectivity index (χ2v) is 3.56. The van der Waals surface area contributed by atoms with Crippen LogP contribution >= 0.6 is 0 Å². The molecule has 3 nitrogen and oxygen atoms in total. The fraction of sp³-hybridized carbons (Fsp3) is 0.727. The van der Waals surface area contributed by atoms with Gasteiger partial charge in [-0.25, -0.2) is 0 Å². The largest absolute Gasteiger partial charge is 0.366 e. The highest BCUT2D eigenvalue weighted by Gasteiger charge is 2.08. The van der Waals surface area contributed by atoms with Crippen LogP contribution in [0.15, 0.2) is 11.6 Å². The fourth-order valence-corrected chi connectivity index (χ4v) is 1.44. The Kier molecular flexibility index (Phi) is 6.21. The smallest absolute Gasteiger partial charge is 0.244 e. The SMILES string of the molecule is CCN(CC)C(C)CC=C(C)C(N)=O. The van der Waals surface area contributed by atoms with Crippen LogP contribution in [0.25, 0.3) is 0 Å². The van der Waals surface area contributed by atoms with Gasteiger partial charge < -0.3 is 10.6 Å². The minimum absolute atomic E-state index is 0.322. The van der Waals surface area contributed by atoms with Gasteiger partial charge in [-0.15, -0.1) is 0 Å². The summed E-state index contributed by atoms with van der Waals surface area (Å²) in [6.45, 7) is 10.3. The molecule has 0 saturated heterocycles. The predicted octanol–water partition coefficient (Wildman–Crippen LogP) is 1.54. The van der Waals surface area contributed by atoms with Crippen LogP contribution in [-0.4, -0.2) is 29.9 Å². The molecule has 0 spiro atoms. The van der Waals surface area contributed by atoms with E-state index in [4.69, 9.17) is 5.73 Å². The van der Waals surface area contributed by atoms with Crippen molar-refractivity contribution in [1.82, 2.24) is 4.90 Å². The molecular weight excluding hydrogens is 176 g/mol. The Balaban J connectivity index is 4.12. The fourth-order valence-electron chi connectivity index (χ4n) is 1.44. The van der Waals surface area contributed by atoms with Crippen molar-refractivity contribution in [2.75, 3.05) is 13.1 Å². The summed E-state index contributed by atoms with van der Waals surface area (Å²) in [5.41, 5.74) is 5.80. The van der Waals surface area contributed by atoms with Crippen molar-refractivity contribution in [2.45, 2.75) is 40.2 Å². The van der Waals surface area contributed by atoms with E-state index in [0.29, 0.717) is 11.6 Å². The van der Waals surface area contributed by atoms with Crippen molar-refractivity contribution in [3.05, 3.63) is 11.6 Å². The van der Waals surface area contributed by atoms with Gasteiger partial charge in [0, 0.05) is 11.6 Å². The van der Waals surface area contributed by atoms with Gasteiger partial charge in [-0.05, 0) is 33.4 Å². The number of rotatable bonds is 6. The van der Waals surface area contributed by atoms with Crippen LogP contribution in [-0.2, 0) is 4.79 Å². The normalized spacial score (nSPS) is 14.5. The van der Waals surface area contributed by atoms with Crippen LogP contribution in [0.1, 0.15) is 34.1 Å². The average molecular weight is 198 g/mol. The zero-order valence-corrected chi connectivity index (χ0v) is 9.71. The van der Waals surface area contributed by atoms with Gasteiger partial charge in [-0.3, -0.25) is 4.79 Å². The number of hydrogen-bond acceptors (Lipinski definition) is 2. The lowest BCUT2D eigenvalue weighted by Gasteiger charge is -2.25. The van der Waals surface area contributed by atoms with E-state index < -0.39 is 0 Å². The lowest BCUT2D eigenvalue weighted by atomic mass is 10.1. The molecule has 82 valence electrons. The predicted molar refractivity (Wildman–Crippen MR) is 60.0 cm³/mol. The van der Waals surface area contributed by atoms with Crippen LogP contribution in [0.2, 0.25) is 0 Å². The van der Waals surface area contributed by atoms with Crippen molar-refractivity contribution < 1.29 is 4.79 Å². The van der Waals surface area contributed by atoms with Crippen molar-refractivity contribution in [3.63, 3.8) is 0 Å². The van der Waals surface area contributed by atoms with Gasteiger partial charge in [0.1, 0.15) is 0 Å². The summed E-state index contributed by atoms with van der Waals surface area (Å²) in [6.07, 6.45) is 2.81. The molecule has 0 saturated carbocycles. The minimum Gasteiger partial charge on any atom is -0.366 e. The summed E-state index contributed by atoms with van der Waals surface area (Å²) in [5.74, 6) is -0.322. The number of carbonyl (C=O) groups is 1. The maximum Gasteiger partial charge on any atom is 0.244 e. The molecule has 0 rings (SSSR count). The van der Waals surface area contributed by atoms with E-state index in [-0.39, 0.29) is 5.91 Å². The molecule has 0 aliphatic carbocycles. The van der Waals surface area contributed by atoms with Gasteiger partial charge in [0.05, 0.1) is 0 Å². The Bertz CT molecular complexity index is 207. The number of hydrogen-bond donors (Lipinski definition) is 1. The molecule has 0 heterocycles. The Hall–Kier alpha value is -0.830. The zero-order chi connectivity index (χ0) is 11.1. The Morgan fingerprint density at radius 1 is 1.43 bits per heavy atom. The van der Waals surface area contributed by atoms with Crippen molar-refractivity contribution in [1.29, 1.82) is 0 Å². The van der Waals surface area contributed by atoms with E-state index in [9.17, 15) is 4.79 Å². The first-order valence-corrected chi connectivity index (χ1v) is 5.23. The van der Waals surface area contributed by atoms with Crippen molar-refractivity contribution >= 4 is 5.91 Å². The van der Waals surface area contributed by atoms with Crippen molar-refractivity contribution in [2.24, 2.45) is 5.73 Å². The van der Waals surface area contributed by atoms with Crippen LogP contribution < -0.4 is 5.73 Å². The number of nitrogens with two attached hydrogens (primary N) is 1. The van der Waals surface area contributed by atoms with E-state index in [1.807, 2.05) is 6.08 Å². The molecule has 3 heteroatoms. The standard InChI is InChI=1S/C11H22N2O/c1-5-13(6-2)10(4)8-7-9(3)11(12)14/h7,10H,5-6,8H2,1-4H3,(H2,12,14). The molecule has 1 unspecified atom stereocenters. The molecule has 0 aromatic carbocycles. The highest BCUT2D eigenvalue weighted by atomic mass is 16.1. The summed E-state index contributed by atoms with van der Waals surface area (Å²) in [4.78, 5) is 13.1. The number of nitrogens with zero attached hydrogens (tertiary/aromatic N) is 1. The molecule has 14 heavy (non-hydrogen) atoms. The second kappa shape index (κ2) is 6.60. The average Bonchev–Trinajstić information content (AvgIpc) is 2.15. The van der Waals surface area contributed by atoms with E-state index in [0.717, 1.165) is 19.5 Å². The number of primary amides is 1. The van der Waals surface area contributed by atoms with Gasteiger partial charge >= 0.3 is 0 Å². The molecule has 0 radical (unpaired) electrons. The van der Waals surface area contributed by atoms with Crippen LogP contribution in [0.4, 0.5) is 0 Å². The summed E-state index contributed by atoms with van der Waals surface area (Å²) >= 11 is 0. The third kappa shape index (κ3) is 4.42. The molecule has 0 aromatic rings. The second-order valence-electron chi connectivity index (χ2n) is 3.56. The molecular formula is C11H22N2O. The third-order valence-electron chi connectivity index (χ3n) is 2.59. The molecule has 1 atom stereocenters. The topological polar surface area (TPSA) is 46.3 Å². The first-order chi connectivity index (χ1) is 6.52. The summed E-state index contributed by atoms with van der Waals surface area (Å²) in [6, 6.07) is 0.472. The maximum absolute atomic E-state index is 10.8. The van der Waals surface area contributed by atoms with Gasteiger partial charge in [0.25, 0.3) is 0 Å². The highest BCUT2D eigenvalue weighted by molar-refractivity contribution is 5.91. The van der Waals surface area contributed by atoms with E-state index in [1.54, 1.807) is 6.92 Å². The first kappa shape index (κ1) is 13.2. The Morgan fingerprint density at radius 3 is 2.29 bits per heavy atom. The monoisotopic (exact) mass is 198 g/mol. The molecule has 1 amide bonds. The molecule has 0 fully saturated rings. The third-order valence-corrected chi connectivity index (χ3v) is 2.59. The minimum atomic E-state index is -0.322. The van der Waals surface area contributed by atoms with Crippen LogP contribution in [0.3, 0.4) is 0 Å². The van der Waals surface area contributed by atoms with Crippen molar-refractivity contribution in [3.8, 4) is 0 Å². The maximum atomic E-state index is 10.8. The number of amides is 1. The van der Waals surface area contributed by atoms with Gasteiger partial charge in [-0.1, -0.05) is 19.9 Å². The lowest BCUT2D eigenvalue weighted by Crippen LogP contribution is -2.32. The number of carbonyl (C=O) groups excluding carboxylic acids is 1. The van der Waals surface area contributed by atoms with Crippen LogP contribution in [0.5, 0.6) is 0 Å². The zero-order valence-electron chi connectivity index (χ0n) is 9.71. The first-order valence-electron chi connectivity index (χ1n) is 5.23. The van der Waals surface area contributed by atoms with E-state index in [1.165, 1.54) is 0 Å². The lowest BCUT2D eigenvalue weighted by molar-refractivity contribution is -0.114. The van der Waals surface area contributed by atoms with Gasteiger partial charge in [0.2, 0.25) is 5.91 Å². The molecule has 0 bridgehead atoms. The molecule has 0 aliphatic heterocycles. The van der Waals surface area contributed by atoms with E-state index in [2.05, 4.69) is 25.7 Å².